The predicted octanol–water partition coefficient (Wildman–Crippen LogP) is 4.81. The quantitative estimate of drug-likeness (QED) is 0.444. The lowest BCUT2D eigenvalue weighted by molar-refractivity contribution is -0.143. The second kappa shape index (κ2) is 12.1. The Labute approximate surface area is 201 Å². The van der Waals surface area contributed by atoms with Crippen molar-refractivity contribution in [3.8, 4) is 11.5 Å². The largest absolute Gasteiger partial charge is 0.497 e. The van der Waals surface area contributed by atoms with Crippen molar-refractivity contribution in [3.63, 3.8) is 0 Å². The molecule has 3 aromatic rings. The van der Waals surface area contributed by atoms with Gasteiger partial charge in [-0.2, -0.15) is 0 Å². The van der Waals surface area contributed by atoms with Crippen LogP contribution < -0.4 is 14.8 Å². The molecule has 0 aliphatic rings. The van der Waals surface area contributed by atoms with E-state index in [-0.39, 0.29) is 25.0 Å². The van der Waals surface area contributed by atoms with Gasteiger partial charge in [-0.15, -0.1) is 0 Å². The van der Waals surface area contributed by atoms with Crippen molar-refractivity contribution in [1.29, 1.82) is 0 Å². The molecule has 1 unspecified atom stereocenters. The van der Waals surface area contributed by atoms with Gasteiger partial charge in [0.05, 0.1) is 7.11 Å². The second-order valence-corrected chi connectivity index (χ2v) is 8.70. The Kier molecular flexibility index (Phi) is 8.91. The van der Waals surface area contributed by atoms with Crippen LogP contribution >= 0.6 is 0 Å². The van der Waals surface area contributed by atoms with Gasteiger partial charge < -0.3 is 19.7 Å². The van der Waals surface area contributed by atoms with E-state index in [0.717, 1.165) is 16.3 Å². The molecule has 0 heterocycles. The molecule has 0 saturated heterocycles. The summed E-state index contributed by atoms with van der Waals surface area (Å²) < 4.78 is 11.3. The van der Waals surface area contributed by atoms with Crippen LogP contribution in [-0.2, 0) is 16.1 Å². The first-order valence-corrected chi connectivity index (χ1v) is 11.7. The Balaban J connectivity index is 1.83. The minimum Gasteiger partial charge on any atom is -0.497 e. The number of amides is 2. The Hall–Kier alpha value is -3.54. The van der Waals surface area contributed by atoms with Crippen molar-refractivity contribution >= 4 is 22.6 Å². The standard InChI is InChI=1S/C28H34N2O4/c1-5-25(28(32)29-17-20(2)3)30(18-21-10-8-13-23(16-21)33-4)27(31)19-34-26-15-9-12-22-11-6-7-14-24(22)26/h6-16,20,25H,5,17-19H2,1-4H3,(H,29,32). The highest BCUT2D eigenvalue weighted by atomic mass is 16.5. The van der Waals surface area contributed by atoms with Crippen molar-refractivity contribution in [3.05, 3.63) is 72.3 Å². The van der Waals surface area contributed by atoms with Gasteiger partial charge in [-0.1, -0.05) is 69.3 Å². The highest BCUT2D eigenvalue weighted by Gasteiger charge is 2.29. The molecule has 0 aliphatic heterocycles. The molecule has 0 radical (unpaired) electrons. The van der Waals surface area contributed by atoms with Gasteiger partial charge in [0.1, 0.15) is 17.5 Å². The summed E-state index contributed by atoms with van der Waals surface area (Å²) in [4.78, 5) is 28.1. The predicted molar refractivity (Wildman–Crippen MR) is 135 cm³/mol. The number of nitrogens with one attached hydrogen (secondary N) is 1. The fraction of sp³-hybridized carbons (Fsp3) is 0.357. The first kappa shape index (κ1) is 25.1. The average Bonchev–Trinajstić information content (AvgIpc) is 2.85. The highest BCUT2D eigenvalue weighted by molar-refractivity contribution is 5.90. The van der Waals surface area contributed by atoms with E-state index in [4.69, 9.17) is 9.47 Å². The fourth-order valence-corrected chi connectivity index (χ4v) is 3.85. The summed E-state index contributed by atoms with van der Waals surface area (Å²) in [6.45, 7) is 6.67. The van der Waals surface area contributed by atoms with Crippen molar-refractivity contribution in [2.45, 2.75) is 39.8 Å². The van der Waals surface area contributed by atoms with Crippen LogP contribution in [0.5, 0.6) is 11.5 Å². The molecule has 0 bridgehead atoms. The van der Waals surface area contributed by atoms with Crippen LogP contribution in [0.3, 0.4) is 0 Å². The molecule has 6 nitrogen and oxygen atoms in total. The van der Waals surface area contributed by atoms with E-state index in [1.165, 1.54) is 0 Å². The maximum atomic E-state index is 13.4. The number of hydrogen-bond donors (Lipinski definition) is 1. The Morgan fingerprint density at radius 2 is 1.74 bits per heavy atom. The number of nitrogens with zero attached hydrogens (tertiary/aromatic N) is 1. The molecule has 0 saturated carbocycles. The number of ether oxygens (including phenoxy) is 2. The summed E-state index contributed by atoms with van der Waals surface area (Å²) in [7, 11) is 1.61. The summed E-state index contributed by atoms with van der Waals surface area (Å²) in [6.07, 6.45) is 0.494. The second-order valence-electron chi connectivity index (χ2n) is 8.70. The number of fused-ring (bicyclic) bond motifs is 1. The lowest BCUT2D eigenvalue weighted by Gasteiger charge is -2.31. The number of rotatable bonds is 11. The molecule has 3 aromatic carbocycles. The van der Waals surface area contributed by atoms with E-state index in [2.05, 4.69) is 5.32 Å². The average molecular weight is 463 g/mol. The van der Waals surface area contributed by atoms with Gasteiger partial charge in [-0.3, -0.25) is 9.59 Å². The van der Waals surface area contributed by atoms with Crippen molar-refractivity contribution < 1.29 is 19.1 Å². The smallest absolute Gasteiger partial charge is 0.261 e. The number of carbonyl (C=O) groups excluding carboxylic acids is 2. The Bertz CT molecular complexity index is 1110. The third-order valence-electron chi connectivity index (χ3n) is 5.66. The zero-order valence-electron chi connectivity index (χ0n) is 20.4. The Morgan fingerprint density at radius 3 is 2.47 bits per heavy atom. The molecule has 0 aromatic heterocycles. The molecule has 1 atom stereocenters. The Morgan fingerprint density at radius 1 is 1.00 bits per heavy atom. The minimum atomic E-state index is -0.603. The van der Waals surface area contributed by atoms with Crippen molar-refractivity contribution in [2.75, 3.05) is 20.3 Å². The molecule has 180 valence electrons. The lowest BCUT2D eigenvalue weighted by atomic mass is 10.1. The van der Waals surface area contributed by atoms with Crippen LogP contribution in [-0.4, -0.2) is 43.0 Å². The van der Waals surface area contributed by atoms with Gasteiger partial charge >= 0.3 is 0 Å². The number of hydrogen-bond acceptors (Lipinski definition) is 4. The molecule has 0 fully saturated rings. The third kappa shape index (κ3) is 6.50. The molecule has 0 aliphatic carbocycles. The molecule has 3 rings (SSSR count). The van der Waals surface area contributed by atoms with Gasteiger partial charge in [0.15, 0.2) is 6.61 Å². The van der Waals surface area contributed by atoms with E-state index < -0.39 is 6.04 Å². The molecule has 34 heavy (non-hydrogen) atoms. The van der Waals surface area contributed by atoms with Crippen molar-refractivity contribution in [2.24, 2.45) is 5.92 Å². The van der Waals surface area contributed by atoms with Crippen LogP contribution in [0.4, 0.5) is 0 Å². The van der Waals surface area contributed by atoms with Gasteiger partial charge in [0, 0.05) is 18.5 Å². The molecular formula is C28H34N2O4. The van der Waals surface area contributed by atoms with E-state index in [9.17, 15) is 9.59 Å². The first-order valence-electron chi connectivity index (χ1n) is 11.7. The van der Waals surface area contributed by atoms with Crippen molar-refractivity contribution in [1.82, 2.24) is 10.2 Å². The van der Waals surface area contributed by atoms with Crippen LogP contribution in [0.2, 0.25) is 0 Å². The molecule has 6 heteroatoms. The number of carbonyl (C=O) groups is 2. The first-order chi connectivity index (χ1) is 16.4. The van der Waals surface area contributed by atoms with E-state index in [1.54, 1.807) is 12.0 Å². The maximum Gasteiger partial charge on any atom is 0.261 e. The van der Waals surface area contributed by atoms with E-state index >= 15 is 0 Å². The lowest BCUT2D eigenvalue weighted by Crippen LogP contribution is -2.50. The zero-order chi connectivity index (χ0) is 24.5. The number of benzene rings is 3. The number of methoxy groups -OCH3 is 1. The maximum absolute atomic E-state index is 13.4. The molecule has 0 spiro atoms. The van der Waals surface area contributed by atoms with E-state index in [0.29, 0.717) is 30.4 Å². The minimum absolute atomic E-state index is 0.155. The highest BCUT2D eigenvalue weighted by Crippen LogP contribution is 2.25. The third-order valence-corrected chi connectivity index (χ3v) is 5.66. The van der Waals surface area contributed by atoms with Gasteiger partial charge in [0.25, 0.3) is 5.91 Å². The van der Waals surface area contributed by atoms with Crippen LogP contribution in [0, 0.1) is 5.92 Å². The molecule has 1 N–H and O–H groups in total. The van der Waals surface area contributed by atoms with Crippen LogP contribution in [0.1, 0.15) is 32.8 Å². The SMILES string of the molecule is CCC(C(=O)NCC(C)C)N(Cc1cccc(OC)c1)C(=O)COc1cccc2ccccc12. The summed E-state index contributed by atoms with van der Waals surface area (Å²) in [5.74, 6) is 1.26. The summed E-state index contributed by atoms with van der Waals surface area (Å²) >= 11 is 0. The van der Waals surface area contributed by atoms with E-state index in [1.807, 2.05) is 87.5 Å². The summed E-state index contributed by atoms with van der Waals surface area (Å²) in [5, 5.41) is 4.96. The van der Waals surface area contributed by atoms with Gasteiger partial charge in [0.2, 0.25) is 5.91 Å². The normalized spacial score (nSPS) is 11.8. The molecular weight excluding hydrogens is 428 g/mol. The summed E-state index contributed by atoms with van der Waals surface area (Å²) in [6, 6.07) is 20.6. The monoisotopic (exact) mass is 462 g/mol. The van der Waals surface area contributed by atoms with Crippen LogP contribution in [0.15, 0.2) is 66.7 Å². The molecule has 2 amide bonds. The van der Waals surface area contributed by atoms with Crippen LogP contribution in [0.25, 0.3) is 10.8 Å². The zero-order valence-corrected chi connectivity index (χ0v) is 20.4. The van der Waals surface area contributed by atoms with Gasteiger partial charge in [-0.25, -0.2) is 0 Å². The topological polar surface area (TPSA) is 67.9 Å². The van der Waals surface area contributed by atoms with Gasteiger partial charge in [-0.05, 0) is 41.5 Å². The summed E-state index contributed by atoms with van der Waals surface area (Å²) in [5.41, 5.74) is 0.882. The fourth-order valence-electron chi connectivity index (χ4n) is 3.85.